The normalized spacial score (nSPS) is 8.64. The van der Waals surface area contributed by atoms with Gasteiger partial charge in [-0.15, -0.1) is 12.8 Å². The number of rotatable bonds is 4. The molecule has 0 atom stereocenters. The van der Waals surface area contributed by atoms with Crippen LogP contribution in [0.3, 0.4) is 0 Å². The van der Waals surface area contributed by atoms with Gasteiger partial charge < -0.3 is 10.4 Å². The molecule has 3 nitrogen and oxygen atoms in total. The van der Waals surface area contributed by atoms with Gasteiger partial charge in [0, 0.05) is 6.54 Å². The average molecular weight is 151 g/mol. The fourth-order valence-electron chi connectivity index (χ4n) is 0.489. The summed E-state index contributed by atoms with van der Waals surface area (Å²) in [6, 6.07) is 0. The molecular formula is C8H9NO2. The second-order valence-corrected chi connectivity index (χ2v) is 1.91. The van der Waals surface area contributed by atoms with Gasteiger partial charge in [0.1, 0.15) is 0 Å². The summed E-state index contributed by atoms with van der Waals surface area (Å²) in [5, 5.41) is 10.8. The second-order valence-electron chi connectivity index (χ2n) is 1.91. The Labute approximate surface area is 65.8 Å². The summed E-state index contributed by atoms with van der Waals surface area (Å²) in [4.78, 5) is 9.99. The van der Waals surface area contributed by atoms with Crippen molar-refractivity contribution in [2.75, 3.05) is 13.1 Å². The third kappa shape index (κ3) is 5.02. The largest absolute Gasteiger partial charge is 0.480 e. The number of hydrogen-bond acceptors (Lipinski definition) is 2. The van der Waals surface area contributed by atoms with Crippen LogP contribution in [0, 0.1) is 30.6 Å². The van der Waals surface area contributed by atoms with Crippen molar-refractivity contribution >= 4 is 5.97 Å². The summed E-state index contributed by atoms with van der Waals surface area (Å²) < 4.78 is 0. The Morgan fingerprint density at radius 1 is 1.55 bits per heavy atom. The number of hydrogen-bond donors (Lipinski definition) is 2. The number of carboxylic acid groups (broad SMARTS) is 1. The van der Waals surface area contributed by atoms with E-state index in [0.717, 1.165) is 0 Å². The van der Waals surface area contributed by atoms with Crippen molar-refractivity contribution in [3.05, 3.63) is 0 Å². The first-order valence-corrected chi connectivity index (χ1v) is 3.05. The minimum atomic E-state index is -0.919. The van der Waals surface area contributed by atoms with Crippen LogP contribution in [0.1, 0.15) is 0 Å². The lowest BCUT2D eigenvalue weighted by molar-refractivity contribution is -0.135. The lowest BCUT2D eigenvalue weighted by Gasteiger charge is -2.02. The van der Waals surface area contributed by atoms with Crippen molar-refractivity contribution in [3.8, 4) is 24.7 Å². The van der Waals surface area contributed by atoms with E-state index in [9.17, 15) is 4.79 Å². The average Bonchev–Trinajstić information content (AvgIpc) is 1.98. The third-order valence-electron chi connectivity index (χ3n) is 1.03. The molecule has 0 aliphatic carbocycles. The SMILES string of the molecule is C#CC(C#C)CNCC(=O)O. The molecule has 0 unspecified atom stereocenters. The first kappa shape index (κ1) is 9.55. The van der Waals surface area contributed by atoms with Gasteiger partial charge in [0.2, 0.25) is 0 Å². The highest BCUT2D eigenvalue weighted by molar-refractivity contribution is 5.68. The maximum Gasteiger partial charge on any atom is 0.317 e. The summed E-state index contributed by atoms with van der Waals surface area (Å²) in [7, 11) is 0. The third-order valence-corrected chi connectivity index (χ3v) is 1.03. The van der Waals surface area contributed by atoms with Gasteiger partial charge in [0.25, 0.3) is 0 Å². The van der Waals surface area contributed by atoms with Crippen molar-refractivity contribution in [1.29, 1.82) is 0 Å². The second kappa shape index (κ2) is 5.34. The Bertz CT molecular complexity index is 195. The van der Waals surface area contributed by atoms with Crippen LogP contribution in [0.25, 0.3) is 0 Å². The zero-order chi connectivity index (χ0) is 8.69. The van der Waals surface area contributed by atoms with Crippen molar-refractivity contribution < 1.29 is 9.90 Å². The van der Waals surface area contributed by atoms with Crippen LogP contribution < -0.4 is 5.32 Å². The summed E-state index contributed by atoms with van der Waals surface area (Å²) in [5.74, 6) is 3.42. The monoisotopic (exact) mass is 151 g/mol. The summed E-state index contributed by atoms with van der Waals surface area (Å²) in [6.45, 7) is 0.235. The molecule has 0 bridgehead atoms. The number of carbonyl (C=O) groups is 1. The van der Waals surface area contributed by atoms with Gasteiger partial charge in [-0.2, -0.15) is 0 Å². The van der Waals surface area contributed by atoms with E-state index in [-0.39, 0.29) is 12.5 Å². The molecule has 0 spiro atoms. The molecule has 3 heteroatoms. The molecule has 0 amide bonds. The minimum absolute atomic E-state index is 0.111. The maximum atomic E-state index is 9.99. The topological polar surface area (TPSA) is 49.3 Å². The van der Waals surface area contributed by atoms with Crippen LogP contribution in [-0.2, 0) is 4.79 Å². The molecule has 0 aliphatic rings. The molecular weight excluding hydrogens is 142 g/mol. The molecule has 0 aromatic rings. The van der Waals surface area contributed by atoms with Crippen molar-refractivity contribution in [1.82, 2.24) is 5.32 Å². The summed E-state index contributed by atoms with van der Waals surface area (Å²) >= 11 is 0. The number of aliphatic carboxylic acids is 1. The molecule has 58 valence electrons. The van der Waals surface area contributed by atoms with Crippen LogP contribution in [0.4, 0.5) is 0 Å². The van der Waals surface area contributed by atoms with Gasteiger partial charge >= 0.3 is 5.97 Å². The highest BCUT2D eigenvalue weighted by Gasteiger charge is 2.00. The van der Waals surface area contributed by atoms with Gasteiger partial charge in [-0.25, -0.2) is 0 Å². The zero-order valence-electron chi connectivity index (χ0n) is 6.00. The molecule has 0 aromatic heterocycles. The van der Waals surface area contributed by atoms with Gasteiger partial charge in [-0.05, 0) is 0 Å². The lowest BCUT2D eigenvalue weighted by Crippen LogP contribution is -2.27. The number of nitrogens with one attached hydrogen (secondary N) is 1. The minimum Gasteiger partial charge on any atom is -0.480 e. The van der Waals surface area contributed by atoms with E-state index in [1.54, 1.807) is 0 Å². The predicted molar refractivity (Wildman–Crippen MR) is 41.7 cm³/mol. The van der Waals surface area contributed by atoms with E-state index >= 15 is 0 Å². The van der Waals surface area contributed by atoms with E-state index < -0.39 is 5.97 Å². The van der Waals surface area contributed by atoms with E-state index in [4.69, 9.17) is 18.0 Å². The Morgan fingerprint density at radius 2 is 2.09 bits per heavy atom. The maximum absolute atomic E-state index is 9.99. The lowest BCUT2D eigenvalue weighted by atomic mass is 10.2. The van der Waals surface area contributed by atoms with Crippen molar-refractivity contribution in [2.24, 2.45) is 5.92 Å². The Morgan fingerprint density at radius 3 is 2.45 bits per heavy atom. The van der Waals surface area contributed by atoms with Gasteiger partial charge in [0.15, 0.2) is 0 Å². The first-order chi connectivity index (χ1) is 5.20. The molecule has 11 heavy (non-hydrogen) atoms. The quantitative estimate of drug-likeness (QED) is 0.535. The van der Waals surface area contributed by atoms with E-state index in [0.29, 0.717) is 6.54 Å². The Kier molecular flexibility index (Phi) is 4.64. The van der Waals surface area contributed by atoms with Gasteiger partial charge in [0.05, 0.1) is 12.5 Å². The van der Waals surface area contributed by atoms with Crippen LogP contribution in [0.5, 0.6) is 0 Å². The van der Waals surface area contributed by atoms with Crippen LogP contribution >= 0.6 is 0 Å². The fourth-order valence-corrected chi connectivity index (χ4v) is 0.489. The van der Waals surface area contributed by atoms with Crippen LogP contribution in [0.2, 0.25) is 0 Å². The van der Waals surface area contributed by atoms with Crippen LogP contribution in [0.15, 0.2) is 0 Å². The highest BCUT2D eigenvalue weighted by atomic mass is 16.4. The van der Waals surface area contributed by atoms with E-state index in [1.807, 2.05) is 0 Å². The molecule has 0 rings (SSSR count). The molecule has 2 N–H and O–H groups in total. The van der Waals surface area contributed by atoms with E-state index in [1.165, 1.54) is 0 Å². The molecule has 0 aliphatic heterocycles. The molecule has 0 fully saturated rings. The molecule has 0 saturated carbocycles. The number of carboxylic acids is 1. The van der Waals surface area contributed by atoms with Gasteiger partial charge in [-0.3, -0.25) is 4.79 Å². The Balaban J connectivity index is 3.48. The molecule has 0 radical (unpaired) electrons. The zero-order valence-corrected chi connectivity index (χ0v) is 6.00. The first-order valence-electron chi connectivity index (χ1n) is 3.05. The Hall–Kier alpha value is -1.45. The molecule has 0 saturated heterocycles. The summed E-state index contributed by atoms with van der Waals surface area (Å²) in [5.41, 5.74) is 0. The predicted octanol–water partition coefficient (Wildman–Crippen LogP) is -0.457. The molecule has 0 heterocycles. The smallest absolute Gasteiger partial charge is 0.317 e. The van der Waals surface area contributed by atoms with E-state index in [2.05, 4.69) is 17.2 Å². The van der Waals surface area contributed by atoms with Crippen molar-refractivity contribution in [2.45, 2.75) is 0 Å². The fraction of sp³-hybridized carbons (Fsp3) is 0.375. The van der Waals surface area contributed by atoms with Crippen LogP contribution in [-0.4, -0.2) is 24.2 Å². The highest BCUT2D eigenvalue weighted by Crippen LogP contribution is 1.86. The standard InChI is InChI=1S/C8H9NO2/c1-3-7(4-2)5-9-6-8(10)11/h1-2,7,9H,5-6H2,(H,10,11). The van der Waals surface area contributed by atoms with Gasteiger partial charge in [-0.1, -0.05) is 11.8 Å². The van der Waals surface area contributed by atoms with Crippen molar-refractivity contribution in [3.63, 3.8) is 0 Å². The molecule has 0 aromatic carbocycles. The summed E-state index contributed by atoms with van der Waals surface area (Å²) in [6.07, 6.45) is 10.0. The number of terminal acetylenes is 2.